The summed E-state index contributed by atoms with van der Waals surface area (Å²) < 4.78 is 5.42. The Labute approximate surface area is 175 Å². The number of thiazole rings is 1. The van der Waals surface area contributed by atoms with Gasteiger partial charge in [0.05, 0.1) is 16.9 Å². The van der Waals surface area contributed by atoms with Crippen molar-refractivity contribution in [1.29, 1.82) is 0 Å². The lowest BCUT2D eigenvalue weighted by molar-refractivity contribution is -0.115. The van der Waals surface area contributed by atoms with E-state index in [1.54, 1.807) is 11.0 Å². The maximum absolute atomic E-state index is 12.4. The number of aryl methyl sites for hydroxylation is 4. The SMILES string of the molecule is CC(=O)N(c1nc(COC(=O)c2ccccc2C)cs1)c1c(C)cc(C)cc1C. The van der Waals surface area contributed by atoms with Gasteiger partial charge in [0.15, 0.2) is 5.13 Å². The molecule has 1 heterocycles. The van der Waals surface area contributed by atoms with E-state index < -0.39 is 0 Å². The first kappa shape index (κ1) is 20.7. The molecule has 6 heteroatoms. The molecule has 0 bridgehead atoms. The number of aromatic nitrogens is 1. The van der Waals surface area contributed by atoms with E-state index in [2.05, 4.69) is 17.1 Å². The predicted molar refractivity (Wildman–Crippen MR) is 116 cm³/mol. The number of anilines is 2. The Morgan fingerprint density at radius 3 is 2.31 bits per heavy atom. The highest BCUT2D eigenvalue weighted by molar-refractivity contribution is 7.14. The maximum Gasteiger partial charge on any atom is 0.338 e. The second kappa shape index (κ2) is 8.57. The molecule has 3 aromatic rings. The van der Waals surface area contributed by atoms with Crippen molar-refractivity contribution in [2.24, 2.45) is 0 Å². The van der Waals surface area contributed by atoms with Crippen LogP contribution in [0.5, 0.6) is 0 Å². The van der Waals surface area contributed by atoms with Gasteiger partial charge >= 0.3 is 5.97 Å². The smallest absolute Gasteiger partial charge is 0.338 e. The van der Waals surface area contributed by atoms with E-state index >= 15 is 0 Å². The van der Waals surface area contributed by atoms with Crippen LogP contribution in [0, 0.1) is 27.7 Å². The molecule has 150 valence electrons. The van der Waals surface area contributed by atoms with Crippen LogP contribution in [0.4, 0.5) is 10.8 Å². The van der Waals surface area contributed by atoms with Crippen LogP contribution >= 0.6 is 11.3 Å². The number of benzene rings is 2. The fourth-order valence-electron chi connectivity index (χ4n) is 3.40. The van der Waals surface area contributed by atoms with Crippen molar-refractivity contribution in [3.8, 4) is 0 Å². The van der Waals surface area contributed by atoms with Crippen molar-refractivity contribution in [2.75, 3.05) is 4.90 Å². The van der Waals surface area contributed by atoms with Crippen molar-refractivity contribution in [1.82, 2.24) is 4.98 Å². The highest BCUT2D eigenvalue weighted by Gasteiger charge is 2.22. The first-order chi connectivity index (χ1) is 13.8. The molecular formula is C23H24N2O3S. The molecule has 1 aromatic heterocycles. The highest BCUT2D eigenvalue weighted by Crippen LogP contribution is 2.34. The average Bonchev–Trinajstić information content (AvgIpc) is 3.11. The number of amides is 1. The zero-order valence-electron chi connectivity index (χ0n) is 17.3. The normalized spacial score (nSPS) is 10.7. The molecule has 0 unspecified atom stereocenters. The van der Waals surface area contributed by atoms with Gasteiger partial charge in [0.2, 0.25) is 5.91 Å². The molecule has 0 aliphatic rings. The van der Waals surface area contributed by atoms with Gasteiger partial charge in [-0.2, -0.15) is 0 Å². The summed E-state index contributed by atoms with van der Waals surface area (Å²) in [4.78, 5) is 30.9. The molecule has 2 aromatic carbocycles. The summed E-state index contributed by atoms with van der Waals surface area (Å²) in [5.41, 5.74) is 6.04. The highest BCUT2D eigenvalue weighted by atomic mass is 32.1. The minimum Gasteiger partial charge on any atom is -0.456 e. The van der Waals surface area contributed by atoms with E-state index in [0.717, 1.165) is 27.9 Å². The second-order valence-corrected chi connectivity index (χ2v) is 7.95. The van der Waals surface area contributed by atoms with Crippen molar-refractivity contribution < 1.29 is 14.3 Å². The van der Waals surface area contributed by atoms with Gasteiger partial charge in [0, 0.05) is 12.3 Å². The molecule has 0 radical (unpaired) electrons. The fourth-order valence-corrected chi connectivity index (χ4v) is 4.25. The molecule has 0 aliphatic carbocycles. The standard InChI is InChI=1S/C23H24N2O3S/c1-14-10-16(3)21(17(4)11-14)25(18(5)26)23-24-19(13-29-23)12-28-22(27)20-9-7-6-8-15(20)2/h6-11,13H,12H2,1-5H3. The molecule has 0 saturated heterocycles. The predicted octanol–water partition coefficient (Wildman–Crippen LogP) is 5.42. The Kier molecular flexibility index (Phi) is 6.13. The lowest BCUT2D eigenvalue weighted by atomic mass is 10.0. The van der Waals surface area contributed by atoms with Gasteiger partial charge < -0.3 is 4.74 Å². The van der Waals surface area contributed by atoms with E-state index in [-0.39, 0.29) is 18.5 Å². The Bertz CT molecular complexity index is 1050. The van der Waals surface area contributed by atoms with Crippen LogP contribution in [-0.2, 0) is 16.1 Å². The Morgan fingerprint density at radius 1 is 1.03 bits per heavy atom. The lowest BCUT2D eigenvalue weighted by Gasteiger charge is -2.23. The van der Waals surface area contributed by atoms with Crippen LogP contribution in [0.3, 0.4) is 0 Å². The lowest BCUT2D eigenvalue weighted by Crippen LogP contribution is -2.24. The van der Waals surface area contributed by atoms with Crippen LogP contribution < -0.4 is 4.90 Å². The van der Waals surface area contributed by atoms with Gasteiger partial charge in [0.25, 0.3) is 0 Å². The number of esters is 1. The molecule has 0 atom stereocenters. The monoisotopic (exact) mass is 408 g/mol. The quantitative estimate of drug-likeness (QED) is 0.529. The summed E-state index contributed by atoms with van der Waals surface area (Å²) in [6, 6.07) is 11.4. The number of nitrogens with zero attached hydrogens (tertiary/aromatic N) is 2. The van der Waals surface area contributed by atoms with Crippen LogP contribution in [0.2, 0.25) is 0 Å². The van der Waals surface area contributed by atoms with Crippen molar-refractivity contribution in [3.05, 3.63) is 75.3 Å². The summed E-state index contributed by atoms with van der Waals surface area (Å²) >= 11 is 1.36. The minimum atomic E-state index is -0.383. The third kappa shape index (κ3) is 4.54. The molecule has 0 saturated carbocycles. The van der Waals surface area contributed by atoms with Gasteiger partial charge in [-0.15, -0.1) is 11.3 Å². The van der Waals surface area contributed by atoms with Gasteiger partial charge in [-0.25, -0.2) is 9.78 Å². The average molecular weight is 409 g/mol. The number of carbonyl (C=O) groups is 2. The van der Waals surface area contributed by atoms with Crippen LogP contribution in [0.15, 0.2) is 41.8 Å². The molecule has 0 aliphatic heterocycles. The molecule has 0 fully saturated rings. The maximum atomic E-state index is 12.4. The first-order valence-electron chi connectivity index (χ1n) is 9.33. The Balaban J connectivity index is 1.81. The Hall–Kier alpha value is -2.99. The molecule has 1 amide bonds. The van der Waals surface area contributed by atoms with Crippen LogP contribution in [0.1, 0.15) is 45.2 Å². The van der Waals surface area contributed by atoms with Crippen molar-refractivity contribution >= 4 is 34.0 Å². The number of carbonyl (C=O) groups excluding carboxylic acids is 2. The third-order valence-corrected chi connectivity index (χ3v) is 5.50. The molecule has 5 nitrogen and oxygen atoms in total. The summed E-state index contributed by atoms with van der Waals surface area (Å²) in [6.07, 6.45) is 0. The zero-order valence-corrected chi connectivity index (χ0v) is 18.1. The largest absolute Gasteiger partial charge is 0.456 e. The van der Waals surface area contributed by atoms with Gasteiger partial charge in [0.1, 0.15) is 6.61 Å². The summed E-state index contributed by atoms with van der Waals surface area (Å²) in [5, 5.41) is 2.38. The van der Waals surface area contributed by atoms with Crippen molar-refractivity contribution in [2.45, 2.75) is 41.2 Å². The van der Waals surface area contributed by atoms with E-state index in [1.807, 2.05) is 51.3 Å². The van der Waals surface area contributed by atoms with Gasteiger partial charge in [-0.1, -0.05) is 35.9 Å². The molecular weight excluding hydrogens is 384 g/mol. The zero-order chi connectivity index (χ0) is 21.1. The number of rotatable bonds is 5. The first-order valence-corrected chi connectivity index (χ1v) is 10.2. The van der Waals surface area contributed by atoms with Crippen LogP contribution in [0.25, 0.3) is 0 Å². The van der Waals surface area contributed by atoms with E-state index in [9.17, 15) is 9.59 Å². The summed E-state index contributed by atoms with van der Waals surface area (Å²) in [6.45, 7) is 9.47. The topological polar surface area (TPSA) is 59.5 Å². The number of ether oxygens (including phenoxy) is 1. The number of hydrogen-bond donors (Lipinski definition) is 0. The molecule has 29 heavy (non-hydrogen) atoms. The van der Waals surface area contributed by atoms with Crippen LogP contribution in [-0.4, -0.2) is 16.9 Å². The van der Waals surface area contributed by atoms with E-state index in [4.69, 9.17) is 4.74 Å². The van der Waals surface area contributed by atoms with Gasteiger partial charge in [-0.05, 0) is 50.5 Å². The Morgan fingerprint density at radius 2 is 1.69 bits per heavy atom. The van der Waals surface area contributed by atoms with E-state index in [0.29, 0.717) is 16.4 Å². The van der Waals surface area contributed by atoms with E-state index in [1.165, 1.54) is 18.3 Å². The minimum absolute atomic E-state index is 0.0568. The van der Waals surface area contributed by atoms with Crippen molar-refractivity contribution in [3.63, 3.8) is 0 Å². The molecule has 0 N–H and O–H groups in total. The fraction of sp³-hybridized carbons (Fsp3) is 0.261. The van der Waals surface area contributed by atoms with Gasteiger partial charge in [-0.3, -0.25) is 9.69 Å². The summed E-state index contributed by atoms with van der Waals surface area (Å²) in [5.74, 6) is -0.496. The molecule has 0 spiro atoms. The third-order valence-electron chi connectivity index (χ3n) is 4.62. The molecule has 3 rings (SSSR count). The second-order valence-electron chi connectivity index (χ2n) is 7.11. The number of hydrogen-bond acceptors (Lipinski definition) is 5. The summed E-state index contributed by atoms with van der Waals surface area (Å²) in [7, 11) is 0.